The minimum Gasteiger partial charge on any atom is -0.398 e. The van der Waals surface area contributed by atoms with Crippen LogP contribution in [0.4, 0.5) is 0 Å². The van der Waals surface area contributed by atoms with Gasteiger partial charge in [-0.2, -0.15) is 5.11 Å². The highest BCUT2D eigenvalue weighted by atomic mass is 15.1. The Hall–Kier alpha value is -1.90. The average Bonchev–Trinajstić information content (AvgIpc) is 2.72. The number of nitrogens with two attached hydrogens (primary N) is 1. The van der Waals surface area contributed by atoms with E-state index in [-0.39, 0.29) is 0 Å². The van der Waals surface area contributed by atoms with Crippen LogP contribution in [0.3, 0.4) is 0 Å². The second-order valence-corrected chi connectivity index (χ2v) is 3.07. The summed E-state index contributed by atoms with van der Waals surface area (Å²) < 4.78 is 0. The molecule has 0 unspecified atom stereocenters. The van der Waals surface area contributed by atoms with E-state index in [4.69, 9.17) is 5.73 Å². The average molecular weight is 169 g/mol. The number of nitrogens with zero attached hydrogens (tertiary/aromatic N) is 2. The molecule has 3 rings (SSSR count). The topological polar surface area (TPSA) is 50.7 Å². The molecule has 0 amide bonds. The molecule has 0 saturated carbocycles. The molecule has 62 valence electrons. The van der Waals surface area contributed by atoms with E-state index in [0.717, 1.165) is 27.4 Å². The van der Waals surface area contributed by atoms with Crippen molar-refractivity contribution in [3.05, 3.63) is 46.5 Å². The zero-order chi connectivity index (χ0) is 8.84. The summed E-state index contributed by atoms with van der Waals surface area (Å²) in [6.45, 7) is 0. The van der Waals surface area contributed by atoms with E-state index in [1.165, 1.54) is 0 Å². The van der Waals surface area contributed by atoms with Crippen molar-refractivity contribution in [2.45, 2.75) is 0 Å². The Morgan fingerprint density at radius 2 is 1.85 bits per heavy atom. The monoisotopic (exact) mass is 169 g/mol. The highest BCUT2D eigenvalue weighted by Gasteiger charge is 2.19. The third-order valence-corrected chi connectivity index (χ3v) is 2.36. The van der Waals surface area contributed by atoms with Gasteiger partial charge in [0.2, 0.25) is 0 Å². The Balaban J connectivity index is 2.62. The molecule has 0 bridgehead atoms. The Kier molecular flexibility index (Phi) is 1.05. The number of azo groups is 1. The summed E-state index contributed by atoms with van der Waals surface area (Å²) in [5.74, 6) is 0. The van der Waals surface area contributed by atoms with Crippen molar-refractivity contribution < 1.29 is 0 Å². The van der Waals surface area contributed by atoms with Crippen LogP contribution in [0.15, 0.2) is 46.3 Å². The third kappa shape index (κ3) is 0.685. The van der Waals surface area contributed by atoms with E-state index in [1.54, 1.807) is 6.20 Å². The van der Waals surface area contributed by atoms with Gasteiger partial charge in [-0.3, -0.25) is 0 Å². The second kappa shape index (κ2) is 2.07. The van der Waals surface area contributed by atoms with E-state index in [9.17, 15) is 0 Å². The summed E-state index contributed by atoms with van der Waals surface area (Å²) in [6, 6.07) is 7.98. The van der Waals surface area contributed by atoms with Gasteiger partial charge in [0.25, 0.3) is 0 Å². The summed E-state index contributed by atoms with van der Waals surface area (Å²) in [4.78, 5) is 0. The Morgan fingerprint density at radius 3 is 2.69 bits per heavy atom. The van der Waals surface area contributed by atoms with Crippen molar-refractivity contribution in [2.24, 2.45) is 16.0 Å². The number of rotatable bonds is 0. The van der Waals surface area contributed by atoms with Gasteiger partial charge < -0.3 is 5.73 Å². The first-order valence-corrected chi connectivity index (χ1v) is 4.09. The van der Waals surface area contributed by atoms with E-state index in [0.29, 0.717) is 0 Å². The zero-order valence-electron chi connectivity index (χ0n) is 6.86. The zero-order valence-corrected chi connectivity index (χ0v) is 6.86. The highest BCUT2D eigenvalue weighted by molar-refractivity contribution is 5.88. The van der Waals surface area contributed by atoms with Gasteiger partial charge in [-0.25, -0.2) is 0 Å². The predicted octanol–water partition coefficient (Wildman–Crippen LogP) is 0.225. The Morgan fingerprint density at radius 1 is 1.08 bits per heavy atom. The van der Waals surface area contributed by atoms with Crippen molar-refractivity contribution in [1.82, 2.24) is 0 Å². The molecule has 2 aliphatic rings. The van der Waals surface area contributed by atoms with Crippen LogP contribution in [0.5, 0.6) is 0 Å². The molecule has 0 radical (unpaired) electrons. The lowest BCUT2D eigenvalue weighted by molar-refractivity contribution is 1.29. The Bertz CT molecular complexity index is 564. The first kappa shape index (κ1) is 6.60. The summed E-state index contributed by atoms with van der Waals surface area (Å²) in [5.41, 5.74) is 8.60. The van der Waals surface area contributed by atoms with Crippen molar-refractivity contribution in [3.8, 4) is 0 Å². The predicted molar refractivity (Wildman–Crippen MR) is 49.6 cm³/mol. The molecule has 3 nitrogen and oxygen atoms in total. The standard InChI is InChI=1S/C10H7N3/c11-9-6-3-1-2-4-7(6)10-8(9)5-12-13-10/h1-5H,11H2. The van der Waals surface area contributed by atoms with Gasteiger partial charge in [0.1, 0.15) is 5.70 Å². The van der Waals surface area contributed by atoms with Gasteiger partial charge >= 0.3 is 0 Å². The number of fused-ring (bicyclic) bond motifs is 2. The first-order valence-electron chi connectivity index (χ1n) is 4.09. The molecule has 1 aliphatic carbocycles. The van der Waals surface area contributed by atoms with Crippen LogP contribution in [0.2, 0.25) is 0 Å². The maximum absolute atomic E-state index is 5.94. The minimum atomic E-state index is 0.788. The van der Waals surface area contributed by atoms with Gasteiger partial charge in [0, 0.05) is 16.0 Å². The maximum atomic E-state index is 5.94. The van der Waals surface area contributed by atoms with Gasteiger partial charge in [-0.05, 0) is 0 Å². The number of hydrogen-bond acceptors (Lipinski definition) is 3. The molecule has 1 aromatic carbocycles. The van der Waals surface area contributed by atoms with Crippen LogP contribution >= 0.6 is 0 Å². The maximum Gasteiger partial charge on any atom is 0.104 e. The number of benzene rings is 1. The van der Waals surface area contributed by atoms with E-state index >= 15 is 0 Å². The van der Waals surface area contributed by atoms with E-state index in [2.05, 4.69) is 10.2 Å². The van der Waals surface area contributed by atoms with E-state index in [1.807, 2.05) is 24.3 Å². The molecule has 0 aromatic heterocycles. The minimum absolute atomic E-state index is 0.788. The van der Waals surface area contributed by atoms with E-state index < -0.39 is 0 Å². The van der Waals surface area contributed by atoms with Crippen molar-refractivity contribution in [1.29, 1.82) is 0 Å². The second-order valence-electron chi connectivity index (χ2n) is 3.07. The SMILES string of the molecule is NC1=c2ccccc2=C2N=NC=C12. The van der Waals surface area contributed by atoms with Crippen LogP contribution < -0.4 is 16.2 Å². The third-order valence-electron chi connectivity index (χ3n) is 2.36. The van der Waals surface area contributed by atoms with Crippen LogP contribution in [0.1, 0.15) is 0 Å². The summed E-state index contributed by atoms with van der Waals surface area (Å²) in [6.07, 6.45) is 1.71. The molecule has 13 heavy (non-hydrogen) atoms. The molecule has 2 N–H and O–H groups in total. The highest BCUT2D eigenvalue weighted by Crippen LogP contribution is 2.25. The molecule has 0 saturated heterocycles. The molecule has 1 aromatic rings. The molecule has 1 heterocycles. The van der Waals surface area contributed by atoms with Gasteiger partial charge in [-0.1, -0.05) is 24.3 Å². The molecule has 3 heteroatoms. The fourth-order valence-electron chi connectivity index (χ4n) is 1.72. The summed E-state index contributed by atoms with van der Waals surface area (Å²) in [7, 11) is 0. The lowest BCUT2D eigenvalue weighted by atomic mass is 10.2. The normalized spacial score (nSPS) is 17.4. The quantitative estimate of drug-likeness (QED) is 0.593. The van der Waals surface area contributed by atoms with Gasteiger partial charge in [0.15, 0.2) is 0 Å². The molecular formula is C10H7N3. The molecule has 0 spiro atoms. The largest absolute Gasteiger partial charge is 0.398 e. The molecule has 1 aliphatic heterocycles. The fraction of sp³-hybridized carbons (Fsp3) is 0. The van der Waals surface area contributed by atoms with Crippen molar-refractivity contribution in [2.75, 3.05) is 0 Å². The van der Waals surface area contributed by atoms with Crippen LogP contribution in [0, 0.1) is 0 Å². The van der Waals surface area contributed by atoms with Crippen LogP contribution in [0.25, 0.3) is 11.4 Å². The summed E-state index contributed by atoms with van der Waals surface area (Å²) >= 11 is 0. The lowest BCUT2D eigenvalue weighted by Crippen LogP contribution is -2.24. The number of hydrogen-bond donors (Lipinski definition) is 1. The molecular weight excluding hydrogens is 162 g/mol. The first-order chi connectivity index (χ1) is 6.38. The fourth-order valence-corrected chi connectivity index (χ4v) is 1.72. The Labute approximate surface area is 74.6 Å². The molecule has 0 atom stereocenters. The lowest BCUT2D eigenvalue weighted by Gasteiger charge is -1.92. The van der Waals surface area contributed by atoms with Gasteiger partial charge in [0.05, 0.1) is 11.9 Å². The van der Waals surface area contributed by atoms with Crippen LogP contribution in [-0.2, 0) is 0 Å². The smallest absolute Gasteiger partial charge is 0.104 e. The molecule has 0 fully saturated rings. The summed E-state index contributed by atoms with van der Waals surface area (Å²) in [5, 5.41) is 10.0. The van der Waals surface area contributed by atoms with Crippen molar-refractivity contribution >= 4 is 11.4 Å². The van der Waals surface area contributed by atoms with Crippen LogP contribution in [-0.4, -0.2) is 0 Å². The van der Waals surface area contributed by atoms with Gasteiger partial charge in [-0.15, -0.1) is 5.11 Å². The van der Waals surface area contributed by atoms with Crippen molar-refractivity contribution in [3.63, 3.8) is 0 Å².